The predicted octanol–water partition coefficient (Wildman–Crippen LogP) is 3.18. The molecule has 1 radical (unpaired) electrons. The quantitative estimate of drug-likeness (QED) is 0.493. The third-order valence-electron chi connectivity index (χ3n) is 1.76. The minimum Gasteiger partial charge on any atom is -0.396 e. The number of allylic oxidation sites excluding steroid dienone is 2. The van der Waals surface area contributed by atoms with Crippen LogP contribution in [0.15, 0.2) is 12.2 Å². The first-order chi connectivity index (χ1) is 6.06. The smallest absolute Gasteiger partial charge is 0.0517 e. The lowest BCUT2D eigenvalue weighted by Crippen LogP contribution is -2.19. The number of hydrogen-bond acceptors (Lipinski definition) is 1. The van der Waals surface area contributed by atoms with Crippen molar-refractivity contribution in [3.8, 4) is 0 Å². The van der Waals surface area contributed by atoms with Crippen LogP contribution in [0.2, 0.25) is 19.6 Å². The third-order valence-corrected chi connectivity index (χ3v) is 2.95. The van der Waals surface area contributed by atoms with E-state index in [-0.39, 0.29) is 0 Å². The van der Waals surface area contributed by atoms with Crippen LogP contribution < -0.4 is 0 Å². The van der Waals surface area contributed by atoms with Gasteiger partial charge in [0.2, 0.25) is 0 Å². The van der Waals surface area contributed by atoms with Crippen LogP contribution in [-0.2, 0) is 0 Å². The molecule has 0 aromatic heterocycles. The third kappa shape index (κ3) is 11.9. The lowest BCUT2D eigenvalue weighted by atomic mass is 10.2. The van der Waals surface area contributed by atoms with E-state index in [0.717, 1.165) is 19.3 Å². The lowest BCUT2D eigenvalue weighted by Gasteiger charge is -2.10. The van der Waals surface area contributed by atoms with Gasteiger partial charge in [-0.05, 0) is 25.3 Å². The summed E-state index contributed by atoms with van der Waals surface area (Å²) in [5.74, 6) is 0. The number of unbranched alkanes of at least 4 members (excludes halogenated alkanes) is 3. The van der Waals surface area contributed by atoms with E-state index >= 15 is 0 Å². The highest BCUT2D eigenvalue weighted by molar-refractivity contribution is 6.80. The van der Waals surface area contributed by atoms with Crippen molar-refractivity contribution in [1.82, 2.24) is 0 Å². The zero-order valence-electron chi connectivity index (χ0n) is 9.21. The van der Waals surface area contributed by atoms with E-state index in [0.29, 0.717) is 6.61 Å². The molecular formula is C11H23OSi. The fourth-order valence-corrected chi connectivity index (χ4v) is 1.72. The molecule has 0 bridgehead atoms. The van der Waals surface area contributed by atoms with Gasteiger partial charge in [-0.3, -0.25) is 0 Å². The highest BCUT2D eigenvalue weighted by Crippen LogP contribution is 2.07. The van der Waals surface area contributed by atoms with E-state index < -0.39 is 8.07 Å². The minimum absolute atomic E-state index is 0.338. The topological polar surface area (TPSA) is 20.2 Å². The number of rotatable bonds is 7. The molecule has 0 saturated carbocycles. The summed E-state index contributed by atoms with van der Waals surface area (Å²) >= 11 is 0. The highest BCUT2D eigenvalue weighted by Gasteiger charge is 2.09. The van der Waals surface area contributed by atoms with Gasteiger partial charge in [0.25, 0.3) is 0 Å². The van der Waals surface area contributed by atoms with E-state index in [1.165, 1.54) is 6.42 Å². The van der Waals surface area contributed by atoms with Crippen LogP contribution in [0.5, 0.6) is 0 Å². The Bertz CT molecular complexity index is 136. The van der Waals surface area contributed by atoms with Gasteiger partial charge in [0.15, 0.2) is 0 Å². The van der Waals surface area contributed by atoms with E-state index in [9.17, 15) is 0 Å². The van der Waals surface area contributed by atoms with Gasteiger partial charge < -0.3 is 5.11 Å². The molecule has 0 heterocycles. The molecule has 0 aromatic rings. The molecule has 0 aliphatic carbocycles. The summed E-state index contributed by atoms with van der Waals surface area (Å²) in [5, 5.41) is 8.56. The SMILES string of the molecule is C[Si](C)(C)[CH]/C=C/CCCCCO. The van der Waals surface area contributed by atoms with Crippen LogP contribution in [0.3, 0.4) is 0 Å². The second kappa shape index (κ2) is 7.33. The Morgan fingerprint density at radius 2 is 1.77 bits per heavy atom. The monoisotopic (exact) mass is 199 g/mol. The van der Waals surface area contributed by atoms with Gasteiger partial charge in [-0.25, -0.2) is 0 Å². The van der Waals surface area contributed by atoms with Crippen molar-refractivity contribution in [2.45, 2.75) is 45.3 Å². The second-order valence-corrected chi connectivity index (χ2v) is 9.60. The zero-order valence-corrected chi connectivity index (χ0v) is 10.2. The van der Waals surface area contributed by atoms with Crippen molar-refractivity contribution in [1.29, 1.82) is 0 Å². The molecule has 1 N–H and O–H groups in total. The largest absolute Gasteiger partial charge is 0.396 e. The normalized spacial score (nSPS) is 12.6. The van der Waals surface area contributed by atoms with Crippen molar-refractivity contribution >= 4 is 8.07 Å². The molecule has 77 valence electrons. The summed E-state index contributed by atoms with van der Waals surface area (Å²) in [6.07, 6.45) is 8.91. The van der Waals surface area contributed by atoms with Crippen molar-refractivity contribution < 1.29 is 5.11 Å². The fraction of sp³-hybridized carbons (Fsp3) is 0.727. The molecule has 2 heteroatoms. The van der Waals surface area contributed by atoms with Crippen LogP contribution in [0, 0.1) is 6.04 Å². The maximum absolute atomic E-state index is 8.56. The van der Waals surface area contributed by atoms with Gasteiger partial charge in [0, 0.05) is 6.61 Å². The Balaban J connectivity index is 3.22. The molecule has 0 rings (SSSR count). The Morgan fingerprint density at radius 1 is 1.08 bits per heavy atom. The zero-order chi connectivity index (χ0) is 10.2. The van der Waals surface area contributed by atoms with Gasteiger partial charge in [-0.2, -0.15) is 0 Å². The molecule has 0 aliphatic heterocycles. The van der Waals surface area contributed by atoms with Crippen LogP contribution >= 0.6 is 0 Å². The first-order valence-electron chi connectivity index (χ1n) is 5.18. The molecule has 0 amide bonds. The molecule has 0 fully saturated rings. The summed E-state index contributed by atoms with van der Waals surface area (Å²) in [4.78, 5) is 0. The van der Waals surface area contributed by atoms with Crippen LogP contribution in [0.25, 0.3) is 0 Å². The van der Waals surface area contributed by atoms with E-state index in [1.54, 1.807) is 0 Å². The van der Waals surface area contributed by atoms with Crippen LogP contribution in [-0.4, -0.2) is 19.8 Å². The second-order valence-electron chi connectivity index (χ2n) is 4.53. The van der Waals surface area contributed by atoms with Crippen molar-refractivity contribution in [3.05, 3.63) is 18.2 Å². The molecule has 13 heavy (non-hydrogen) atoms. The Morgan fingerprint density at radius 3 is 2.31 bits per heavy atom. The number of hydrogen-bond donors (Lipinski definition) is 1. The standard InChI is InChI=1S/C11H23OSi/c1-13(2,3)11-9-7-5-4-6-8-10-12/h7,9,11-12H,4-6,8,10H2,1-3H3/b9-7+. The highest BCUT2D eigenvalue weighted by atomic mass is 28.3. The molecular weight excluding hydrogens is 176 g/mol. The Hall–Kier alpha value is -0.0831. The first kappa shape index (κ1) is 12.9. The summed E-state index contributed by atoms with van der Waals surface area (Å²) in [7, 11) is -0.984. The lowest BCUT2D eigenvalue weighted by molar-refractivity contribution is 0.283. The predicted molar refractivity (Wildman–Crippen MR) is 62.3 cm³/mol. The van der Waals surface area contributed by atoms with Gasteiger partial charge in [0.1, 0.15) is 0 Å². The summed E-state index contributed by atoms with van der Waals surface area (Å²) in [5.41, 5.74) is 0. The van der Waals surface area contributed by atoms with Crippen LogP contribution in [0.1, 0.15) is 25.7 Å². The maximum Gasteiger partial charge on any atom is 0.0517 e. The van der Waals surface area contributed by atoms with Crippen molar-refractivity contribution in [3.63, 3.8) is 0 Å². The first-order valence-corrected chi connectivity index (χ1v) is 8.76. The fourth-order valence-electron chi connectivity index (χ4n) is 1.00. The summed E-state index contributed by atoms with van der Waals surface area (Å²) in [6, 6.07) is 2.36. The molecule has 0 saturated heterocycles. The van der Waals surface area contributed by atoms with Crippen molar-refractivity contribution in [2.24, 2.45) is 0 Å². The van der Waals surface area contributed by atoms with Crippen LogP contribution in [0.4, 0.5) is 0 Å². The van der Waals surface area contributed by atoms with E-state index in [1.807, 2.05) is 0 Å². The van der Waals surface area contributed by atoms with E-state index in [2.05, 4.69) is 37.8 Å². The molecule has 0 aromatic carbocycles. The number of aliphatic hydroxyl groups excluding tert-OH is 1. The molecule has 0 aliphatic rings. The van der Waals surface area contributed by atoms with Gasteiger partial charge in [0.05, 0.1) is 8.07 Å². The molecule has 1 nitrogen and oxygen atoms in total. The van der Waals surface area contributed by atoms with Crippen molar-refractivity contribution in [2.75, 3.05) is 6.61 Å². The maximum atomic E-state index is 8.56. The summed E-state index contributed by atoms with van der Waals surface area (Å²) < 4.78 is 0. The molecule has 0 atom stereocenters. The van der Waals surface area contributed by atoms with Gasteiger partial charge >= 0.3 is 0 Å². The Kier molecular flexibility index (Phi) is 7.29. The average molecular weight is 199 g/mol. The summed E-state index contributed by atoms with van der Waals surface area (Å²) in [6.45, 7) is 7.35. The Labute approximate surface area is 83.9 Å². The molecule has 0 unspecified atom stereocenters. The minimum atomic E-state index is -0.984. The number of aliphatic hydroxyl groups is 1. The van der Waals surface area contributed by atoms with E-state index in [4.69, 9.17) is 5.11 Å². The van der Waals surface area contributed by atoms with Gasteiger partial charge in [-0.1, -0.05) is 38.2 Å². The average Bonchev–Trinajstić information content (AvgIpc) is 2.01. The molecule has 0 spiro atoms. The van der Waals surface area contributed by atoms with Gasteiger partial charge in [-0.15, -0.1) is 0 Å².